The fourth-order valence-corrected chi connectivity index (χ4v) is 5.59. The number of para-hydroxylation sites is 1. The predicted octanol–water partition coefficient (Wildman–Crippen LogP) is 4.02. The van der Waals surface area contributed by atoms with Crippen LogP contribution in [0.2, 0.25) is 0 Å². The Kier molecular flexibility index (Phi) is 9.31. The van der Waals surface area contributed by atoms with Crippen molar-refractivity contribution < 1.29 is 23.5 Å². The van der Waals surface area contributed by atoms with Gasteiger partial charge in [-0.25, -0.2) is 4.39 Å². The summed E-state index contributed by atoms with van der Waals surface area (Å²) in [7, 11) is 0. The number of carbonyl (C=O) groups excluding carboxylic acids is 2. The highest BCUT2D eigenvalue weighted by Crippen LogP contribution is 2.30. The SMILES string of the molecule is CCCCN1CCOc2ccccc2CCCCC2(CN(C(=O)c3ccc(=O)n(-c4ccc(F)cc4)n3)CCO2)C1=O. The molecule has 0 saturated carbocycles. The second kappa shape index (κ2) is 13.3. The van der Waals surface area contributed by atoms with Crippen LogP contribution in [-0.4, -0.2) is 76.4 Å². The highest BCUT2D eigenvalue weighted by atomic mass is 19.1. The molecule has 1 unspecified atom stereocenters. The summed E-state index contributed by atoms with van der Waals surface area (Å²) in [5, 5.41) is 4.30. The Morgan fingerprint density at radius 2 is 1.81 bits per heavy atom. The lowest BCUT2D eigenvalue weighted by Crippen LogP contribution is -2.62. The lowest BCUT2D eigenvalue weighted by Gasteiger charge is -2.44. The molecule has 5 rings (SSSR count). The third kappa shape index (κ3) is 6.54. The molecule has 1 fully saturated rings. The van der Waals surface area contributed by atoms with Gasteiger partial charge in [0.1, 0.15) is 23.9 Å². The third-order valence-corrected chi connectivity index (χ3v) is 7.89. The average molecular weight is 577 g/mol. The number of benzene rings is 2. The van der Waals surface area contributed by atoms with Crippen molar-refractivity contribution in [2.24, 2.45) is 0 Å². The summed E-state index contributed by atoms with van der Waals surface area (Å²) in [6.07, 6.45) is 4.64. The summed E-state index contributed by atoms with van der Waals surface area (Å²) in [5.74, 6) is -0.112. The van der Waals surface area contributed by atoms with Crippen molar-refractivity contribution in [3.05, 3.63) is 88.1 Å². The minimum absolute atomic E-state index is 0.0597. The van der Waals surface area contributed by atoms with Gasteiger partial charge < -0.3 is 19.3 Å². The number of aromatic nitrogens is 2. The molecule has 3 heterocycles. The molecule has 10 heteroatoms. The van der Waals surface area contributed by atoms with E-state index in [1.807, 2.05) is 23.1 Å². The number of rotatable bonds is 5. The number of aryl methyl sites for hydroxylation is 1. The van der Waals surface area contributed by atoms with Crippen molar-refractivity contribution in [1.82, 2.24) is 19.6 Å². The van der Waals surface area contributed by atoms with Crippen molar-refractivity contribution in [3.8, 4) is 11.4 Å². The predicted molar refractivity (Wildman–Crippen MR) is 155 cm³/mol. The Balaban J connectivity index is 1.41. The Morgan fingerprint density at radius 3 is 2.62 bits per heavy atom. The van der Waals surface area contributed by atoms with E-state index in [0.717, 1.165) is 48.1 Å². The van der Waals surface area contributed by atoms with Crippen LogP contribution in [0.25, 0.3) is 5.69 Å². The summed E-state index contributed by atoms with van der Waals surface area (Å²) in [4.78, 5) is 43.9. The summed E-state index contributed by atoms with van der Waals surface area (Å²) < 4.78 is 26.9. The zero-order chi connectivity index (χ0) is 29.5. The maximum Gasteiger partial charge on any atom is 0.274 e. The van der Waals surface area contributed by atoms with E-state index in [2.05, 4.69) is 18.1 Å². The lowest BCUT2D eigenvalue weighted by molar-refractivity contribution is -0.170. The van der Waals surface area contributed by atoms with Crippen LogP contribution >= 0.6 is 0 Å². The minimum Gasteiger partial charge on any atom is -0.491 e. The van der Waals surface area contributed by atoms with Gasteiger partial charge in [0.2, 0.25) is 0 Å². The molecule has 9 nitrogen and oxygen atoms in total. The maximum absolute atomic E-state index is 14.2. The topological polar surface area (TPSA) is 94.0 Å². The molecule has 0 N–H and O–H groups in total. The number of hydrogen-bond acceptors (Lipinski definition) is 6. The molecule has 2 aromatic carbocycles. The molecule has 1 aromatic heterocycles. The van der Waals surface area contributed by atoms with E-state index < -0.39 is 22.9 Å². The van der Waals surface area contributed by atoms with Gasteiger partial charge in [0, 0.05) is 19.2 Å². The Morgan fingerprint density at radius 1 is 1.00 bits per heavy atom. The Bertz CT molecular complexity index is 1460. The van der Waals surface area contributed by atoms with Crippen LogP contribution in [0.3, 0.4) is 0 Å². The van der Waals surface area contributed by atoms with Gasteiger partial charge in [0.05, 0.1) is 25.4 Å². The molecule has 0 bridgehead atoms. The molecule has 0 radical (unpaired) electrons. The number of unbranched alkanes of at least 4 members (excludes halogenated alkanes) is 1. The molecule has 1 atom stereocenters. The number of ether oxygens (including phenoxy) is 2. The van der Waals surface area contributed by atoms with E-state index in [0.29, 0.717) is 31.8 Å². The Labute approximate surface area is 244 Å². The van der Waals surface area contributed by atoms with Crippen molar-refractivity contribution in [1.29, 1.82) is 0 Å². The first kappa shape index (κ1) is 29.4. The van der Waals surface area contributed by atoms with Crippen molar-refractivity contribution in [2.45, 2.75) is 51.0 Å². The summed E-state index contributed by atoms with van der Waals surface area (Å²) in [5.41, 5.74) is -0.0845. The van der Waals surface area contributed by atoms with Gasteiger partial charge in [-0.2, -0.15) is 9.78 Å². The largest absolute Gasteiger partial charge is 0.491 e. The first-order valence-electron chi connectivity index (χ1n) is 14.7. The molecule has 3 aromatic rings. The summed E-state index contributed by atoms with van der Waals surface area (Å²) >= 11 is 0. The summed E-state index contributed by atoms with van der Waals surface area (Å²) in [6.45, 7) is 4.01. The normalized spacial score (nSPS) is 19.9. The average Bonchev–Trinajstić information content (AvgIpc) is 3.01. The number of morpholine rings is 1. The number of hydrogen-bond donors (Lipinski definition) is 0. The van der Waals surface area contributed by atoms with Gasteiger partial charge in [-0.3, -0.25) is 14.4 Å². The molecular formula is C32H37FN4O5. The second-order valence-electron chi connectivity index (χ2n) is 10.8. The van der Waals surface area contributed by atoms with Crippen LogP contribution in [0.1, 0.15) is 55.1 Å². The standard InChI is InChI=1S/C32H37FN4O5/c1-2-3-18-35-19-21-41-28-10-5-4-8-24(28)9-6-7-17-32(31(35)40)23-36(20-22-42-32)30(39)27-15-16-29(38)37(34-27)26-13-11-25(33)12-14-26/h4-5,8,10-16H,2-3,6-7,9,17-23H2,1H3. The molecule has 2 aliphatic rings. The minimum atomic E-state index is -1.19. The second-order valence-corrected chi connectivity index (χ2v) is 10.8. The fraction of sp³-hybridized carbons (Fsp3) is 0.438. The first-order chi connectivity index (χ1) is 20.4. The van der Waals surface area contributed by atoms with E-state index >= 15 is 0 Å². The van der Waals surface area contributed by atoms with Gasteiger partial charge in [-0.15, -0.1) is 0 Å². The monoisotopic (exact) mass is 576 g/mol. The number of fused-ring (bicyclic) bond motifs is 1. The first-order valence-corrected chi connectivity index (χ1v) is 14.7. The van der Waals surface area contributed by atoms with Gasteiger partial charge in [0.25, 0.3) is 17.4 Å². The molecule has 0 aliphatic carbocycles. The van der Waals surface area contributed by atoms with E-state index in [1.54, 1.807) is 4.90 Å². The molecule has 2 amide bonds. The molecule has 42 heavy (non-hydrogen) atoms. The van der Waals surface area contributed by atoms with Gasteiger partial charge in [0.15, 0.2) is 5.60 Å². The number of nitrogens with zero attached hydrogens (tertiary/aromatic N) is 4. The van der Waals surface area contributed by atoms with Crippen LogP contribution in [0, 0.1) is 5.82 Å². The van der Waals surface area contributed by atoms with E-state index in [1.165, 1.54) is 36.4 Å². The maximum atomic E-state index is 14.2. The molecule has 222 valence electrons. The number of amides is 2. The van der Waals surface area contributed by atoms with Crippen LogP contribution in [0.4, 0.5) is 4.39 Å². The van der Waals surface area contributed by atoms with Gasteiger partial charge in [-0.1, -0.05) is 31.5 Å². The fourth-order valence-electron chi connectivity index (χ4n) is 5.59. The summed E-state index contributed by atoms with van der Waals surface area (Å²) in [6, 6.07) is 16.0. The van der Waals surface area contributed by atoms with Crippen LogP contribution in [0.15, 0.2) is 65.5 Å². The van der Waals surface area contributed by atoms with Gasteiger partial charge in [-0.05, 0) is 74.1 Å². The van der Waals surface area contributed by atoms with Gasteiger partial charge >= 0.3 is 0 Å². The zero-order valence-corrected chi connectivity index (χ0v) is 24.0. The number of carbonyl (C=O) groups is 2. The van der Waals surface area contributed by atoms with Crippen molar-refractivity contribution in [3.63, 3.8) is 0 Å². The highest BCUT2D eigenvalue weighted by molar-refractivity contribution is 5.93. The Hall–Kier alpha value is -4.05. The molecule has 2 aliphatic heterocycles. The van der Waals surface area contributed by atoms with E-state index in [4.69, 9.17) is 9.47 Å². The van der Waals surface area contributed by atoms with Crippen molar-refractivity contribution >= 4 is 11.8 Å². The zero-order valence-electron chi connectivity index (χ0n) is 24.0. The van der Waals surface area contributed by atoms with Crippen LogP contribution in [-0.2, 0) is 16.0 Å². The molecule has 1 saturated heterocycles. The van der Waals surface area contributed by atoms with E-state index in [9.17, 15) is 18.8 Å². The van der Waals surface area contributed by atoms with Crippen LogP contribution in [0.5, 0.6) is 5.75 Å². The van der Waals surface area contributed by atoms with Crippen molar-refractivity contribution in [2.75, 3.05) is 39.4 Å². The lowest BCUT2D eigenvalue weighted by atomic mass is 9.90. The number of halogens is 1. The third-order valence-electron chi connectivity index (χ3n) is 7.89. The quantitative estimate of drug-likeness (QED) is 0.456. The molecule has 1 spiro atoms. The van der Waals surface area contributed by atoms with Crippen LogP contribution < -0.4 is 10.3 Å². The smallest absolute Gasteiger partial charge is 0.274 e. The van der Waals surface area contributed by atoms with E-state index in [-0.39, 0.29) is 31.3 Å². The highest BCUT2D eigenvalue weighted by Gasteiger charge is 2.47. The molecular weight excluding hydrogens is 539 g/mol.